The third-order valence-corrected chi connectivity index (χ3v) is 2.52. The SMILES string of the molecule is COc1ccc(C[C@H](C)N)c(Cl)c1OC. The van der Waals surface area contributed by atoms with Crippen molar-refractivity contribution in [3.63, 3.8) is 0 Å². The van der Waals surface area contributed by atoms with Gasteiger partial charge in [0, 0.05) is 6.04 Å². The van der Waals surface area contributed by atoms with Gasteiger partial charge >= 0.3 is 0 Å². The van der Waals surface area contributed by atoms with Gasteiger partial charge in [0.25, 0.3) is 0 Å². The van der Waals surface area contributed by atoms with E-state index in [1.807, 2.05) is 19.1 Å². The molecule has 0 fully saturated rings. The summed E-state index contributed by atoms with van der Waals surface area (Å²) in [7, 11) is 3.15. The van der Waals surface area contributed by atoms with Crippen molar-refractivity contribution in [2.75, 3.05) is 14.2 Å². The molecule has 0 saturated heterocycles. The van der Waals surface area contributed by atoms with E-state index >= 15 is 0 Å². The molecule has 3 nitrogen and oxygen atoms in total. The van der Waals surface area contributed by atoms with E-state index < -0.39 is 0 Å². The summed E-state index contributed by atoms with van der Waals surface area (Å²) in [6, 6.07) is 3.82. The molecule has 15 heavy (non-hydrogen) atoms. The fraction of sp³-hybridized carbons (Fsp3) is 0.455. The molecule has 0 aliphatic heterocycles. The smallest absolute Gasteiger partial charge is 0.179 e. The van der Waals surface area contributed by atoms with Gasteiger partial charge < -0.3 is 15.2 Å². The van der Waals surface area contributed by atoms with E-state index in [2.05, 4.69) is 0 Å². The number of nitrogens with two attached hydrogens (primary N) is 1. The second kappa shape index (κ2) is 5.24. The molecule has 0 saturated carbocycles. The molecule has 0 spiro atoms. The molecular formula is C11H16ClNO2. The number of hydrogen-bond acceptors (Lipinski definition) is 3. The van der Waals surface area contributed by atoms with Crippen LogP contribution in [0.25, 0.3) is 0 Å². The van der Waals surface area contributed by atoms with Gasteiger partial charge in [-0.05, 0) is 25.0 Å². The van der Waals surface area contributed by atoms with Gasteiger partial charge in [0.2, 0.25) is 0 Å². The van der Waals surface area contributed by atoms with Crippen LogP contribution in [-0.4, -0.2) is 20.3 Å². The highest BCUT2D eigenvalue weighted by Gasteiger charge is 2.13. The molecule has 0 amide bonds. The first kappa shape index (κ1) is 12.1. The zero-order chi connectivity index (χ0) is 11.4. The van der Waals surface area contributed by atoms with E-state index in [-0.39, 0.29) is 6.04 Å². The van der Waals surface area contributed by atoms with Crippen LogP contribution < -0.4 is 15.2 Å². The first-order chi connectivity index (χ1) is 7.10. The van der Waals surface area contributed by atoms with Crippen molar-refractivity contribution in [2.24, 2.45) is 5.73 Å². The summed E-state index contributed by atoms with van der Waals surface area (Å²) in [5.41, 5.74) is 6.70. The molecule has 0 radical (unpaired) electrons. The van der Waals surface area contributed by atoms with Gasteiger partial charge in [0.15, 0.2) is 11.5 Å². The molecular weight excluding hydrogens is 214 g/mol. The largest absolute Gasteiger partial charge is 0.493 e. The van der Waals surface area contributed by atoms with E-state index in [1.165, 1.54) is 0 Å². The molecule has 84 valence electrons. The Balaban J connectivity index is 3.11. The zero-order valence-electron chi connectivity index (χ0n) is 9.21. The molecule has 1 aromatic carbocycles. The molecule has 0 aliphatic carbocycles. The van der Waals surface area contributed by atoms with Crippen molar-refractivity contribution in [1.82, 2.24) is 0 Å². The quantitative estimate of drug-likeness (QED) is 0.861. The lowest BCUT2D eigenvalue weighted by atomic mass is 10.1. The van der Waals surface area contributed by atoms with Crippen LogP contribution in [0, 0.1) is 0 Å². The van der Waals surface area contributed by atoms with E-state index in [9.17, 15) is 0 Å². The van der Waals surface area contributed by atoms with Gasteiger partial charge in [-0.2, -0.15) is 0 Å². The predicted molar refractivity (Wildman–Crippen MR) is 61.9 cm³/mol. The first-order valence-corrected chi connectivity index (χ1v) is 5.12. The van der Waals surface area contributed by atoms with Gasteiger partial charge in [-0.25, -0.2) is 0 Å². The summed E-state index contributed by atoms with van der Waals surface area (Å²) < 4.78 is 10.3. The highest BCUT2D eigenvalue weighted by atomic mass is 35.5. The van der Waals surface area contributed by atoms with Crippen LogP contribution in [0.2, 0.25) is 5.02 Å². The van der Waals surface area contributed by atoms with Crippen molar-refractivity contribution >= 4 is 11.6 Å². The van der Waals surface area contributed by atoms with Crippen LogP contribution in [0.4, 0.5) is 0 Å². The number of methoxy groups -OCH3 is 2. The Hall–Kier alpha value is -0.930. The average molecular weight is 230 g/mol. The number of benzene rings is 1. The lowest BCUT2D eigenvalue weighted by molar-refractivity contribution is 0.354. The van der Waals surface area contributed by atoms with E-state index in [0.29, 0.717) is 16.5 Å². The summed E-state index contributed by atoms with van der Waals surface area (Å²) in [6.45, 7) is 1.94. The topological polar surface area (TPSA) is 44.5 Å². The van der Waals surface area contributed by atoms with Crippen molar-refractivity contribution in [2.45, 2.75) is 19.4 Å². The third kappa shape index (κ3) is 2.76. The third-order valence-electron chi connectivity index (χ3n) is 2.11. The Bertz CT molecular complexity index is 340. The molecule has 1 aromatic rings. The molecule has 0 aliphatic rings. The van der Waals surface area contributed by atoms with Gasteiger partial charge in [-0.1, -0.05) is 17.7 Å². The summed E-state index contributed by atoms with van der Waals surface area (Å²) in [4.78, 5) is 0. The first-order valence-electron chi connectivity index (χ1n) is 4.75. The molecule has 4 heteroatoms. The van der Waals surface area contributed by atoms with E-state index in [4.69, 9.17) is 26.8 Å². The fourth-order valence-electron chi connectivity index (χ4n) is 1.43. The maximum Gasteiger partial charge on any atom is 0.179 e. The summed E-state index contributed by atoms with van der Waals surface area (Å²) in [5, 5.41) is 0.578. The number of hydrogen-bond donors (Lipinski definition) is 1. The van der Waals surface area contributed by atoms with E-state index in [0.717, 1.165) is 12.0 Å². The van der Waals surface area contributed by atoms with Gasteiger partial charge in [0.1, 0.15) is 0 Å². The molecule has 0 heterocycles. The summed E-state index contributed by atoms with van der Waals surface area (Å²) in [6.07, 6.45) is 0.721. The van der Waals surface area contributed by atoms with Crippen LogP contribution in [0.5, 0.6) is 11.5 Å². The summed E-state index contributed by atoms with van der Waals surface area (Å²) >= 11 is 6.18. The zero-order valence-corrected chi connectivity index (χ0v) is 9.97. The van der Waals surface area contributed by atoms with Gasteiger partial charge in [-0.3, -0.25) is 0 Å². The lowest BCUT2D eigenvalue weighted by Crippen LogP contribution is -2.18. The second-order valence-corrected chi connectivity index (χ2v) is 3.83. The Morgan fingerprint density at radius 2 is 2.00 bits per heavy atom. The van der Waals surface area contributed by atoms with Crippen LogP contribution >= 0.6 is 11.6 Å². The predicted octanol–water partition coefficient (Wildman–Crippen LogP) is 2.25. The highest BCUT2D eigenvalue weighted by molar-refractivity contribution is 6.33. The average Bonchev–Trinajstić information content (AvgIpc) is 2.20. The van der Waals surface area contributed by atoms with Crippen molar-refractivity contribution in [3.8, 4) is 11.5 Å². The van der Waals surface area contributed by atoms with Crippen LogP contribution in [0.15, 0.2) is 12.1 Å². The Morgan fingerprint density at radius 3 is 2.47 bits per heavy atom. The Morgan fingerprint density at radius 1 is 1.33 bits per heavy atom. The number of rotatable bonds is 4. The molecule has 0 unspecified atom stereocenters. The van der Waals surface area contributed by atoms with Crippen LogP contribution in [-0.2, 0) is 6.42 Å². The molecule has 0 bridgehead atoms. The van der Waals surface area contributed by atoms with Gasteiger partial charge in [0.05, 0.1) is 19.2 Å². The molecule has 2 N–H and O–H groups in total. The van der Waals surface area contributed by atoms with Gasteiger partial charge in [-0.15, -0.1) is 0 Å². The van der Waals surface area contributed by atoms with Crippen molar-refractivity contribution in [3.05, 3.63) is 22.7 Å². The maximum absolute atomic E-state index is 6.18. The molecule has 1 atom stereocenters. The van der Waals surface area contributed by atoms with Crippen LogP contribution in [0.1, 0.15) is 12.5 Å². The maximum atomic E-state index is 6.18. The number of halogens is 1. The van der Waals surface area contributed by atoms with Crippen molar-refractivity contribution in [1.29, 1.82) is 0 Å². The monoisotopic (exact) mass is 229 g/mol. The molecule has 1 rings (SSSR count). The minimum Gasteiger partial charge on any atom is -0.493 e. The fourth-order valence-corrected chi connectivity index (χ4v) is 1.75. The normalized spacial score (nSPS) is 12.3. The standard InChI is InChI=1S/C11H16ClNO2/c1-7(13)6-8-4-5-9(14-2)11(15-3)10(8)12/h4-5,7H,6,13H2,1-3H3/t7-/m0/s1. The van der Waals surface area contributed by atoms with Crippen molar-refractivity contribution < 1.29 is 9.47 Å². The highest BCUT2D eigenvalue weighted by Crippen LogP contribution is 2.37. The minimum atomic E-state index is 0.0700. The lowest BCUT2D eigenvalue weighted by Gasteiger charge is -2.13. The number of ether oxygens (including phenoxy) is 2. The summed E-state index contributed by atoms with van der Waals surface area (Å²) in [5.74, 6) is 1.20. The van der Waals surface area contributed by atoms with Crippen LogP contribution in [0.3, 0.4) is 0 Å². The molecule has 0 aromatic heterocycles. The minimum absolute atomic E-state index is 0.0700. The Kier molecular flexibility index (Phi) is 4.24. The van der Waals surface area contributed by atoms with E-state index in [1.54, 1.807) is 14.2 Å². The Labute approximate surface area is 95.1 Å². The second-order valence-electron chi connectivity index (χ2n) is 3.46.